The van der Waals surface area contributed by atoms with E-state index in [1.54, 1.807) is 11.7 Å². The van der Waals surface area contributed by atoms with E-state index >= 15 is 0 Å². The van der Waals surface area contributed by atoms with Gasteiger partial charge in [0.05, 0.1) is 5.60 Å². The van der Waals surface area contributed by atoms with Gasteiger partial charge in [0.25, 0.3) is 14.2 Å². The van der Waals surface area contributed by atoms with E-state index in [0.717, 1.165) is 19.3 Å². The molecule has 0 bridgehead atoms. The van der Waals surface area contributed by atoms with Gasteiger partial charge >= 0.3 is 0 Å². The van der Waals surface area contributed by atoms with Crippen LogP contribution in [0.25, 0.3) is 0 Å². The zero-order valence-corrected chi connectivity index (χ0v) is 13.5. The number of aromatic nitrogens is 3. The standard InChI is InChI=1S/C12H20ClN3O3S/c1-9(2)8-16-10(7-12(19-3)5-4-6-12)14-15-11(16)20(13,17)18/h9H,4-8H2,1-3H3. The van der Waals surface area contributed by atoms with Crippen LogP contribution in [0, 0.1) is 5.92 Å². The quantitative estimate of drug-likeness (QED) is 0.749. The lowest BCUT2D eigenvalue weighted by Crippen LogP contribution is -2.42. The van der Waals surface area contributed by atoms with E-state index in [4.69, 9.17) is 15.4 Å². The molecule has 0 saturated heterocycles. The average Bonchev–Trinajstić information content (AvgIpc) is 2.65. The van der Waals surface area contributed by atoms with Gasteiger partial charge in [-0.1, -0.05) is 13.8 Å². The minimum absolute atomic E-state index is 0.173. The molecule has 1 heterocycles. The second-order valence-electron chi connectivity index (χ2n) is 5.76. The predicted molar refractivity (Wildman–Crippen MR) is 75.2 cm³/mol. The second kappa shape index (κ2) is 5.61. The normalized spacial score (nSPS) is 18.2. The Hall–Kier alpha value is -0.660. The second-order valence-corrected chi connectivity index (χ2v) is 8.22. The molecule has 20 heavy (non-hydrogen) atoms. The Morgan fingerprint density at radius 2 is 2.05 bits per heavy atom. The summed E-state index contributed by atoms with van der Waals surface area (Å²) in [6, 6.07) is 0. The highest BCUT2D eigenvalue weighted by molar-refractivity contribution is 8.13. The minimum Gasteiger partial charge on any atom is -0.378 e. The van der Waals surface area contributed by atoms with Crippen LogP contribution in [-0.4, -0.2) is 35.9 Å². The van der Waals surface area contributed by atoms with Crippen molar-refractivity contribution in [1.82, 2.24) is 14.8 Å². The Bertz CT molecular complexity index is 573. The number of ether oxygens (including phenoxy) is 1. The zero-order chi connectivity index (χ0) is 15.0. The summed E-state index contributed by atoms with van der Waals surface area (Å²) in [6.45, 7) is 4.52. The van der Waals surface area contributed by atoms with Crippen LogP contribution in [0.4, 0.5) is 0 Å². The van der Waals surface area contributed by atoms with Gasteiger partial charge < -0.3 is 9.30 Å². The van der Waals surface area contributed by atoms with Crippen LogP contribution in [0.15, 0.2) is 5.16 Å². The van der Waals surface area contributed by atoms with Crippen molar-refractivity contribution in [2.45, 2.75) is 56.8 Å². The van der Waals surface area contributed by atoms with Gasteiger partial charge in [-0.3, -0.25) is 0 Å². The summed E-state index contributed by atoms with van der Waals surface area (Å²) in [5.74, 6) is 0.890. The number of methoxy groups -OCH3 is 1. The predicted octanol–water partition coefficient (Wildman–Crippen LogP) is 1.97. The summed E-state index contributed by atoms with van der Waals surface area (Å²) in [5, 5.41) is 7.60. The van der Waals surface area contributed by atoms with Crippen molar-refractivity contribution in [2.75, 3.05) is 7.11 Å². The van der Waals surface area contributed by atoms with E-state index in [2.05, 4.69) is 10.2 Å². The largest absolute Gasteiger partial charge is 0.378 e. The molecule has 1 aliphatic rings. The van der Waals surface area contributed by atoms with E-state index in [1.165, 1.54) is 0 Å². The average molecular weight is 322 g/mol. The van der Waals surface area contributed by atoms with Crippen LogP contribution in [0.1, 0.15) is 38.9 Å². The first-order valence-electron chi connectivity index (χ1n) is 6.69. The third-order valence-electron chi connectivity index (χ3n) is 3.74. The van der Waals surface area contributed by atoms with Gasteiger partial charge in [0.2, 0.25) is 0 Å². The van der Waals surface area contributed by atoms with Gasteiger partial charge in [0.1, 0.15) is 5.82 Å². The lowest BCUT2D eigenvalue weighted by Gasteiger charge is -2.40. The van der Waals surface area contributed by atoms with Crippen molar-refractivity contribution >= 4 is 19.7 Å². The first-order chi connectivity index (χ1) is 9.27. The van der Waals surface area contributed by atoms with Gasteiger partial charge in [-0.25, -0.2) is 8.42 Å². The summed E-state index contributed by atoms with van der Waals surface area (Å²) >= 11 is 0. The summed E-state index contributed by atoms with van der Waals surface area (Å²) in [7, 11) is 3.22. The molecule has 0 radical (unpaired) electrons. The Labute approximate surface area is 123 Å². The van der Waals surface area contributed by atoms with Crippen LogP contribution in [0.3, 0.4) is 0 Å². The number of hydrogen-bond donors (Lipinski definition) is 0. The molecule has 0 aromatic carbocycles. The summed E-state index contributed by atoms with van der Waals surface area (Å²) in [6.07, 6.45) is 3.60. The summed E-state index contributed by atoms with van der Waals surface area (Å²) < 4.78 is 30.3. The molecule has 6 nitrogen and oxygen atoms in total. The molecule has 0 N–H and O–H groups in total. The molecule has 1 aromatic heterocycles. The van der Waals surface area contributed by atoms with Crippen molar-refractivity contribution < 1.29 is 13.2 Å². The molecule has 2 rings (SSSR count). The zero-order valence-electron chi connectivity index (χ0n) is 12.0. The Morgan fingerprint density at radius 1 is 1.40 bits per heavy atom. The molecule has 114 valence electrons. The van der Waals surface area contributed by atoms with E-state index in [0.29, 0.717) is 18.8 Å². The van der Waals surface area contributed by atoms with Crippen molar-refractivity contribution in [3.05, 3.63) is 5.82 Å². The minimum atomic E-state index is -3.89. The Balaban J connectivity index is 2.35. The first-order valence-corrected chi connectivity index (χ1v) is 9.00. The van der Waals surface area contributed by atoms with Gasteiger partial charge in [-0.2, -0.15) is 0 Å². The molecule has 1 aromatic rings. The monoisotopic (exact) mass is 321 g/mol. The van der Waals surface area contributed by atoms with Crippen LogP contribution >= 0.6 is 10.7 Å². The first kappa shape index (κ1) is 15.7. The molecule has 1 aliphatic carbocycles. The van der Waals surface area contributed by atoms with Crippen molar-refractivity contribution in [3.63, 3.8) is 0 Å². The molecule has 0 spiro atoms. The highest BCUT2D eigenvalue weighted by Gasteiger charge is 2.39. The molecule has 1 saturated carbocycles. The fraction of sp³-hybridized carbons (Fsp3) is 0.833. The maximum Gasteiger partial charge on any atom is 0.296 e. The van der Waals surface area contributed by atoms with Crippen LogP contribution in [0.5, 0.6) is 0 Å². The lowest BCUT2D eigenvalue weighted by molar-refractivity contribution is -0.0727. The fourth-order valence-electron chi connectivity index (χ4n) is 2.49. The summed E-state index contributed by atoms with van der Waals surface area (Å²) in [4.78, 5) is 0. The smallest absolute Gasteiger partial charge is 0.296 e. The third-order valence-corrected chi connectivity index (χ3v) is 4.89. The maximum atomic E-state index is 11.6. The molecule has 0 atom stereocenters. The molecule has 0 amide bonds. The maximum absolute atomic E-state index is 11.6. The number of hydrogen-bond acceptors (Lipinski definition) is 5. The molecule has 1 fully saturated rings. The van der Waals surface area contributed by atoms with Crippen molar-refractivity contribution in [2.24, 2.45) is 5.92 Å². The van der Waals surface area contributed by atoms with Gasteiger partial charge in [0.15, 0.2) is 0 Å². The lowest BCUT2D eigenvalue weighted by atomic mass is 9.77. The van der Waals surface area contributed by atoms with Crippen molar-refractivity contribution in [1.29, 1.82) is 0 Å². The topological polar surface area (TPSA) is 74.1 Å². The molecular formula is C12H20ClN3O3S. The van der Waals surface area contributed by atoms with E-state index in [9.17, 15) is 8.42 Å². The van der Waals surface area contributed by atoms with Crippen LogP contribution in [0.2, 0.25) is 0 Å². The van der Waals surface area contributed by atoms with Gasteiger partial charge in [-0.05, 0) is 25.2 Å². The van der Waals surface area contributed by atoms with E-state index in [1.807, 2.05) is 13.8 Å². The summed E-state index contributed by atoms with van der Waals surface area (Å²) in [5.41, 5.74) is -0.227. The third kappa shape index (κ3) is 3.15. The number of halogens is 1. The SMILES string of the molecule is COC1(Cc2nnc(S(=O)(=O)Cl)n2CC(C)C)CCC1. The Kier molecular flexibility index (Phi) is 4.41. The highest BCUT2D eigenvalue weighted by Crippen LogP contribution is 2.38. The number of rotatable bonds is 6. The highest BCUT2D eigenvalue weighted by atomic mass is 35.7. The van der Waals surface area contributed by atoms with Crippen LogP contribution in [-0.2, 0) is 26.8 Å². The number of nitrogens with zero attached hydrogens (tertiary/aromatic N) is 3. The molecule has 0 aliphatic heterocycles. The Morgan fingerprint density at radius 3 is 2.45 bits per heavy atom. The molecule has 0 unspecified atom stereocenters. The van der Waals surface area contributed by atoms with Gasteiger partial charge in [0, 0.05) is 30.8 Å². The van der Waals surface area contributed by atoms with E-state index in [-0.39, 0.29) is 16.7 Å². The van der Waals surface area contributed by atoms with E-state index < -0.39 is 9.05 Å². The van der Waals surface area contributed by atoms with Gasteiger partial charge in [-0.15, -0.1) is 10.2 Å². The molecular weight excluding hydrogens is 302 g/mol. The fourth-order valence-corrected chi connectivity index (χ4v) is 3.41. The van der Waals surface area contributed by atoms with Crippen molar-refractivity contribution in [3.8, 4) is 0 Å². The van der Waals surface area contributed by atoms with Crippen LogP contribution < -0.4 is 0 Å². The molecule has 8 heteroatoms.